The Balaban J connectivity index is 1.61. The van der Waals surface area contributed by atoms with E-state index in [0.717, 1.165) is 31.5 Å². The second-order valence-corrected chi connectivity index (χ2v) is 6.25. The molecule has 1 fully saturated rings. The highest BCUT2D eigenvalue weighted by atomic mass is 19.2. The zero-order chi connectivity index (χ0) is 17.1. The molecule has 1 saturated heterocycles. The zero-order valence-electron chi connectivity index (χ0n) is 13.2. The molecule has 0 bridgehead atoms. The number of likely N-dealkylation sites (tertiary alicyclic amines) is 1. The number of rotatable bonds is 6. The van der Waals surface area contributed by atoms with Crippen LogP contribution in [-0.2, 0) is 0 Å². The minimum atomic E-state index is -0.960. The number of furan rings is 1. The second-order valence-electron chi connectivity index (χ2n) is 6.25. The van der Waals surface area contributed by atoms with Crippen molar-refractivity contribution in [2.75, 3.05) is 13.1 Å². The van der Waals surface area contributed by atoms with Crippen molar-refractivity contribution in [3.63, 3.8) is 0 Å². The third kappa shape index (κ3) is 3.83. The SMILES string of the molecule is OC(CN1CCCC1CC(O)c1ccco1)c1ccc(F)c(F)c1. The van der Waals surface area contributed by atoms with Crippen LogP contribution in [0.1, 0.15) is 42.8 Å². The highest BCUT2D eigenvalue weighted by Gasteiger charge is 2.29. The average molecular weight is 337 g/mol. The van der Waals surface area contributed by atoms with Crippen LogP contribution in [-0.4, -0.2) is 34.2 Å². The summed E-state index contributed by atoms with van der Waals surface area (Å²) in [6.45, 7) is 1.12. The maximum atomic E-state index is 13.3. The molecule has 1 aliphatic heterocycles. The number of halogens is 2. The Morgan fingerprint density at radius 1 is 1.17 bits per heavy atom. The van der Waals surface area contributed by atoms with Crippen LogP contribution >= 0.6 is 0 Å². The lowest BCUT2D eigenvalue weighted by molar-refractivity contribution is 0.0707. The van der Waals surface area contributed by atoms with Gasteiger partial charge in [-0.05, 0) is 55.6 Å². The van der Waals surface area contributed by atoms with Gasteiger partial charge in [-0.15, -0.1) is 0 Å². The van der Waals surface area contributed by atoms with Crippen LogP contribution in [0.15, 0.2) is 41.0 Å². The zero-order valence-corrected chi connectivity index (χ0v) is 13.2. The van der Waals surface area contributed by atoms with E-state index >= 15 is 0 Å². The number of hydrogen-bond donors (Lipinski definition) is 2. The second kappa shape index (κ2) is 7.42. The predicted octanol–water partition coefficient (Wildman–Crippen LogP) is 3.18. The number of aliphatic hydroxyl groups is 2. The minimum absolute atomic E-state index is 0.116. The van der Waals surface area contributed by atoms with E-state index in [-0.39, 0.29) is 6.04 Å². The normalized spacial score (nSPS) is 21.1. The van der Waals surface area contributed by atoms with Gasteiger partial charge in [-0.25, -0.2) is 8.78 Å². The van der Waals surface area contributed by atoms with E-state index in [2.05, 4.69) is 4.90 Å². The number of benzene rings is 1. The molecule has 0 saturated carbocycles. The van der Waals surface area contributed by atoms with Gasteiger partial charge in [0.2, 0.25) is 0 Å². The van der Waals surface area contributed by atoms with Gasteiger partial charge in [0.25, 0.3) is 0 Å². The third-order valence-electron chi connectivity index (χ3n) is 4.60. The van der Waals surface area contributed by atoms with E-state index < -0.39 is 23.8 Å². The first-order valence-corrected chi connectivity index (χ1v) is 8.13. The first-order valence-electron chi connectivity index (χ1n) is 8.13. The van der Waals surface area contributed by atoms with Crippen molar-refractivity contribution in [1.29, 1.82) is 0 Å². The van der Waals surface area contributed by atoms with Crippen LogP contribution in [0.2, 0.25) is 0 Å². The lowest BCUT2D eigenvalue weighted by Gasteiger charge is -2.28. The van der Waals surface area contributed by atoms with E-state index in [9.17, 15) is 19.0 Å². The van der Waals surface area contributed by atoms with Crippen molar-refractivity contribution in [2.24, 2.45) is 0 Å². The minimum Gasteiger partial charge on any atom is -0.467 e. The standard InChI is InChI=1S/C18H21F2NO3/c19-14-6-5-12(9-15(14)20)17(23)11-21-7-1-3-13(21)10-16(22)18-4-2-8-24-18/h2,4-6,8-9,13,16-17,22-23H,1,3,7,10-11H2. The summed E-state index contributed by atoms with van der Waals surface area (Å²) < 4.78 is 31.5. The Morgan fingerprint density at radius 2 is 2.00 bits per heavy atom. The summed E-state index contributed by atoms with van der Waals surface area (Å²) in [4.78, 5) is 2.08. The largest absolute Gasteiger partial charge is 0.467 e. The van der Waals surface area contributed by atoms with Crippen LogP contribution < -0.4 is 0 Å². The monoisotopic (exact) mass is 337 g/mol. The van der Waals surface area contributed by atoms with Gasteiger partial charge in [0, 0.05) is 12.6 Å². The molecule has 2 heterocycles. The molecule has 130 valence electrons. The Labute approximate surface area is 139 Å². The van der Waals surface area contributed by atoms with E-state index in [4.69, 9.17) is 4.42 Å². The van der Waals surface area contributed by atoms with E-state index in [0.29, 0.717) is 24.3 Å². The van der Waals surface area contributed by atoms with Gasteiger partial charge in [-0.1, -0.05) is 6.07 Å². The summed E-state index contributed by atoms with van der Waals surface area (Å²) in [6, 6.07) is 7.03. The van der Waals surface area contributed by atoms with Crippen molar-refractivity contribution in [2.45, 2.75) is 37.5 Å². The number of β-amino-alcohol motifs (C(OH)–C–C–N with tert-alkyl or cyclic N) is 1. The molecule has 24 heavy (non-hydrogen) atoms. The topological polar surface area (TPSA) is 56.8 Å². The first-order chi connectivity index (χ1) is 11.5. The highest BCUT2D eigenvalue weighted by Crippen LogP contribution is 2.29. The molecular formula is C18H21F2NO3. The smallest absolute Gasteiger partial charge is 0.159 e. The lowest BCUT2D eigenvalue weighted by atomic mass is 10.0. The maximum absolute atomic E-state index is 13.3. The molecule has 6 heteroatoms. The number of aliphatic hydroxyl groups excluding tert-OH is 2. The molecule has 3 rings (SSSR count). The number of hydrogen-bond acceptors (Lipinski definition) is 4. The fourth-order valence-corrected chi connectivity index (χ4v) is 3.30. The van der Waals surface area contributed by atoms with Crippen LogP contribution in [0, 0.1) is 11.6 Å². The molecule has 3 atom stereocenters. The van der Waals surface area contributed by atoms with Gasteiger partial charge in [-0.3, -0.25) is 4.90 Å². The van der Waals surface area contributed by atoms with E-state index in [1.54, 1.807) is 12.1 Å². The Hall–Kier alpha value is -1.76. The molecule has 1 aromatic carbocycles. The van der Waals surface area contributed by atoms with Gasteiger partial charge in [0.15, 0.2) is 11.6 Å². The number of nitrogens with zero attached hydrogens (tertiary/aromatic N) is 1. The van der Waals surface area contributed by atoms with E-state index in [1.807, 2.05) is 0 Å². The van der Waals surface area contributed by atoms with Gasteiger partial charge < -0.3 is 14.6 Å². The maximum Gasteiger partial charge on any atom is 0.159 e. The van der Waals surface area contributed by atoms with Crippen LogP contribution in [0.4, 0.5) is 8.78 Å². The molecule has 0 aliphatic carbocycles. The lowest BCUT2D eigenvalue weighted by Crippen LogP contribution is -2.34. The van der Waals surface area contributed by atoms with Crippen molar-refractivity contribution in [3.05, 3.63) is 59.6 Å². The molecule has 4 nitrogen and oxygen atoms in total. The Kier molecular flexibility index (Phi) is 5.28. The van der Waals surface area contributed by atoms with Gasteiger partial charge in [-0.2, -0.15) is 0 Å². The van der Waals surface area contributed by atoms with Crippen molar-refractivity contribution in [1.82, 2.24) is 4.90 Å². The summed E-state index contributed by atoms with van der Waals surface area (Å²) in [7, 11) is 0. The fraction of sp³-hybridized carbons (Fsp3) is 0.444. The molecule has 0 spiro atoms. The molecule has 0 amide bonds. The van der Waals surface area contributed by atoms with Crippen LogP contribution in [0.3, 0.4) is 0 Å². The van der Waals surface area contributed by atoms with Crippen molar-refractivity contribution < 1.29 is 23.4 Å². The fourth-order valence-electron chi connectivity index (χ4n) is 3.30. The third-order valence-corrected chi connectivity index (χ3v) is 4.60. The molecule has 2 aromatic rings. The summed E-state index contributed by atoms with van der Waals surface area (Å²) in [6.07, 6.45) is 2.34. The molecule has 3 unspecified atom stereocenters. The summed E-state index contributed by atoms with van der Waals surface area (Å²) >= 11 is 0. The molecule has 0 radical (unpaired) electrons. The van der Waals surface area contributed by atoms with Gasteiger partial charge in [0.1, 0.15) is 11.9 Å². The van der Waals surface area contributed by atoms with Crippen LogP contribution in [0.5, 0.6) is 0 Å². The molecular weight excluding hydrogens is 316 g/mol. The first kappa shape index (κ1) is 17.1. The van der Waals surface area contributed by atoms with Crippen molar-refractivity contribution >= 4 is 0 Å². The molecule has 1 aliphatic rings. The average Bonchev–Trinajstić information content (AvgIpc) is 3.22. The molecule has 1 aromatic heterocycles. The molecule has 2 N–H and O–H groups in total. The summed E-state index contributed by atoms with van der Waals surface area (Å²) in [5, 5.41) is 20.6. The Morgan fingerprint density at radius 3 is 2.71 bits per heavy atom. The van der Waals surface area contributed by atoms with Crippen LogP contribution in [0.25, 0.3) is 0 Å². The summed E-state index contributed by atoms with van der Waals surface area (Å²) in [5.74, 6) is -1.35. The van der Waals surface area contributed by atoms with E-state index in [1.165, 1.54) is 12.3 Å². The van der Waals surface area contributed by atoms with Gasteiger partial charge in [0.05, 0.1) is 12.4 Å². The quantitative estimate of drug-likeness (QED) is 0.850. The van der Waals surface area contributed by atoms with Crippen molar-refractivity contribution in [3.8, 4) is 0 Å². The predicted molar refractivity (Wildman–Crippen MR) is 84.2 cm³/mol. The Bertz CT molecular complexity index is 662. The highest BCUT2D eigenvalue weighted by molar-refractivity contribution is 5.20. The summed E-state index contributed by atoms with van der Waals surface area (Å²) in [5.41, 5.74) is 0.353. The van der Waals surface area contributed by atoms with Gasteiger partial charge >= 0.3 is 0 Å².